The predicted molar refractivity (Wildman–Crippen MR) is 125 cm³/mol. The average molecular weight is 429 g/mol. The molecule has 0 bridgehead atoms. The summed E-state index contributed by atoms with van der Waals surface area (Å²) >= 11 is 0. The first-order valence-corrected chi connectivity index (χ1v) is 12.7. The molecule has 2 aromatic rings. The second-order valence-corrected chi connectivity index (χ2v) is 10.6. The Morgan fingerprint density at radius 2 is 1.83 bits per heavy atom. The van der Waals surface area contributed by atoms with Crippen molar-refractivity contribution in [2.45, 2.75) is 63.2 Å². The number of nitrogens with one attached hydrogen (secondary N) is 1. The molecule has 5 heteroatoms. The van der Waals surface area contributed by atoms with E-state index in [4.69, 9.17) is 0 Å². The molecule has 1 aliphatic heterocycles. The van der Waals surface area contributed by atoms with Crippen molar-refractivity contribution in [2.75, 3.05) is 24.4 Å². The van der Waals surface area contributed by atoms with Gasteiger partial charge in [0.1, 0.15) is 0 Å². The Labute approximate surface area is 182 Å². The number of piperidine rings is 1. The lowest BCUT2D eigenvalue weighted by Gasteiger charge is -2.45. The minimum absolute atomic E-state index is 0.0497. The SMILES string of the molecule is CCCCCCN1CCC(C)(c2cccc(NS(=O)(=O)c3ccccc3)c2)C(C)C1. The van der Waals surface area contributed by atoms with Crippen molar-refractivity contribution in [3.63, 3.8) is 0 Å². The standard InChI is InChI=1S/C25H36N2O2S/c1-4-5-6-10-17-27-18-16-25(3,21(2)20-27)22-12-11-13-23(19-22)26-30(28,29)24-14-8-7-9-15-24/h7-9,11-15,19,21,26H,4-6,10,16-18,20H2,1-3H3. The summed E-state index contributed by atoms with van der Waals surface area (Å²) in [6, 6.07) is 16.5. The van der Waals surface area contributed by atoms with E-state index in [1.54, 1.807) is 24.3 Å². The zero-order chi connectivity index (χ0) is 21.6. The molecule has 2 aromatic carbocycles. The van der Waals surface area contributed by atoms with Crippen LogP contribution in [0.15, 0.2) is 59.5 Å². The van der Waals surface area contributed by atoms with Crippen LogP contribution in [0, 0.1) is 5.92 Å². The van der Waals surface area contributed by atoms with Gasteiger partial charge in [-0.25, -0.2) is 8.42 Å². The molecule has 0 spiro atoms. The lowest BCUT2D eigenvalue weighted by atomic mass is 9.68. The van der Waals surface area contributed by atoms with E-state index < -0.39 is 10.0 Å². The topological polar surface area (TPSA) is 49.4 Å². The van der Waals surface area contributed by atoms with E-state index in [-0.39, 0.29) is 10.3 Å². The van der Waals surface area contributed by atoms with Crippen LogP contribution in [0.5, 0.6) is 0 Å². The average Bonchev–Trinajstić information content (AvgIpc) is 2.74. The summed E-state index contributed by atoms with van der Waals surface area (Å²) in [5.74, 6) is 0.512. The Morgan fingerprint density at radius 1 is 1.07 bits per heavy atom. The first kappa shape index (κ1) is 22.8. The van der Waals surface area contributed by atoms with Crippen LogP contribution < -0.4 is 4.72 Å². The first-order chi connectivity index (χ1) is 14.3. The minimum Gasteiger partial charge on any atom is -0.303 e. The summed E-state index contributed by atoms with van der Waals surface area (Å²) in [5, 5.41) is 0. The predicted octanol–water partition coefficient (Wildman–Crippen LogP) is 5.67. The molecule has 0 radical (unpaired) electrons. The van der Waals surface area contributed by atoms with Crippen LogP contribution in [0.4, 0.5) is 5.69 Å². The van der Waals surface area contributed by atoms with Crippen LogP contribution in [0.25, 0.3) is 0 Å². The number of hydrogen-bond acceptors (Lipinski definition) is 3. The van der Waals surface area contributed by atoms with E-state index in [1.807, 2.05) is 24.3 Å². The van der Waals surface area contributed by atoms with Crippen molar-refractivity contribution < 1.29 is 8.42 Å². The zero-order valence-electron chi connectivity index (χ0n) is 18.6. The summed E-state index contributed by atoms with van der Waals surface area (Å²) in [6.07, 6.45) is 6.30. The van der Waals surface area contributed by atoms with Gasteiger partial charge in [0.15, 0.2) is 0 Å². The Bertz CT molecular complexity index is 914. The van der Waals surface area contributed by atoms with Crippen molar-refractivity contribution in [1.82, 2.24) is 4.90 Å². The molecule has 1 saturated heterocycles. The highest BCUT2D eigenvalue weighted by Crippen LogP contribution is 2.40. The highest BCUT2D eigenvalue weighted by atomic mass is 32.2. The van der Waals surface area contributed by atoms with E-state index in [9.17, 15) is 8.42 Å². The lowest BCUT2D eigenvalue weighted by molar-refractivity contribution is 0.109. The fourth-order valence-corrected chi connectivity index (χ4v) is 5.53. The van der Waals surface area contributed by atoms with Crippen LogP contribution in [-0.4, -0.2) is 33.0 Å². The van der Waals surface area contributed by atoms with Gasteiger partial charge in [0.05, 0.1) is 4.90 Å². The summed E-state index contributed by atoms with van der Waals surface area (Å²) in [5.41, 5.74) is 1.90. The molecular weight excluding hydrogens is 392 g/mol. The van der Waals surface area contributed by atoms with E-state index in [1.165, 1.54) is 37.8 Å². The van der Waals surface area contributed by atoms with Gasteiger partial charge in [0, 0.05) is 12.2 Å². The molecule has 1 N–H and O–H groups in total. The van der Waals surface area contributed by atoms with Crippen LogP contribution in [0.3, 0.4) is 0 Å². The molecule has 4 nitrogen and oxygen atoms in total. The van der Waals surface area contributed by atoms with Gasteiger partial charge in [0.2, 0.25) is 0 Å². The van der Waals surface area contributed by atoms with E-state index in [0.717, 1.165) is 19.5 Å². The third-order valence-corrected chi connectivity index (χ3v) is 8.12. The van der Waals surface area contributed by atoms with Crippen LogP contribution in [0.1, 0.15) is 58.4 Å². The molecule has 0 aliphatic carbocycles. The molecule has 30 heavy (non-hydrogen) atoms. The second-order valence-electron chi connectivity index (χ2n) is 8.93. The van der Waals surface area contributed by atoms with Crippen molar-refractivity contribution in [3.05, 3.63) is 60.2 Å². The van der Waals surface area contributed by atoms with E-state index in [2.05, 4.69) is 36.5 Å². The van der Waals surface area contributed by atoms with E-state index in [0.29, 0.717) is 11.6 Å². The molecule has 1 fully saturated rings. The summed E-state index contributed by atoms with van der Waals surface area (Å²) in [4.78, 5) is 2.88. The van der Waals surface area contributed by atoms with Gasteiger partial charge in [-0.2, -0.15) is 0 Å². The Kier molecular flexibility index (Phi) is 7.59. The number of sulfonamides is 1. The van der Waals surface area contributed by atoms with Gasteiger partial charge in [-0.3, -0.25) is 4.72 Å². The zero-order valence-corrected chi connectivity index (χ0v) is 19.4. The summed E-state index contributed by atoms with van der Waals surface area (Å²) in [6.45, 7) is 10.3. The molecule has 2 unspecified atom stereocenters. The molecule has 0 amide bonds. The summed E-state index contributed by atoms with van der Waals surface area (Å²) < 4.78 is 28.2. The maximum absolute atomic E-state index is 12.7. The van der Waals surface area contributed by atoms with Gasteiger partial charge < -0.3 is 4.90 Å². The van der Waals surface area contributed by atoms with Crippen molar-refractivity contribution in [3.8, 4) is 0 Å². The van der Waals surface area contributed by atoms with Crippen molar-refractivity contribution in [2.24, 2.45) is 5.92 Å². The molecule has 164 valence electrons. The monoisotopic (exact) mass is 428 g/mol. The number of rotatable bonds is 9. The molecule has 1 heterocycles. The molecule has 2 atom stereocenters. The number of anilines is 1. The maximum Gasteiger partial charge on any atom is 0.261 e. The van der Waals surface area contributed by atoms with Gasteiger partial charge in [0.25, 0.3) is 10.0 Å². The number of nitrogens with zero attached hydrogens (tertiary/aromatic N) is 1. The second kappa shape index (κ2) is 9.97. The van der Waals surface area contributed by atoms with Gasteiger partial charge in [-0.05, 0) is 67.1 Å². The highest BCUT2D eigenvalue weighted by molar-refractivity contribution is 7.92. The Morgan fingerprint density at radius 3 is 2.53 bits per heavy atom. The quantitative estimate of drug-likeness (QED) is 0.524. The maximum atomic E-state index is 12.7. The first-order valence-electron chi connectivity index (χ1n) is 11.3. The van der Waals surface area contributed by atoms with Crippen LogP contribution in [-0.2, 0) is 15.4 Å². The Balaban J connectivity index is 1.69. The number of benzene rings is 2. The van der Waals surface area contributed by atoms with Gasteiger partial charge in [-0.1, -0.05) is 70.4 Å². The largest absolute Gasteiger partial charge is 0.303 e. The fourth-order valence-electron chi connectivity index (χ4n) is 4.46. The molecule has 1 aliphatic rings. The summed E-state index contributed by atoms with van der Waals surface area (Å²) in [7, 11) is -3.58. The third-order valence-electron chi connectivity index (χ3n) is 6.72. The normalized spacial score (nSPS) is 22.7. The molecular formula is C25H36N2O2S. The lowest BCUT2D eigenvalue weighted by Crippen LogP contribution is -2.47. The van der Waals surface area contributed by atoms with Gasteiger partial charge in [-0.15, -0.1) is 0 Å². The number of likely N-dealkylation sites (tertiary alicyclic amines) is 1. The Hall–Kier alpha value is -1.85. The third kappa shape index (κ3) is 5.44. The molecule has 0 saturated carbocycles. The fraction of sp³-hybridized carbons (Fsp3) is 0.520. The van der Waals surface area contributed by atoms with Crippen LogP contribution >= 0.6 is 0 Å². The molecule has 0 aromatic heterocycles. The smallest absolute Gasteiger partial charge is 0.261 e. The van der Waals surface area contributed by atoms with E-state index >= 15 is 0 Å². The van der Waals surface area contributed by atoms with Gasteiger partial charge >= 0.3 is 0 Å². The van der Waals surface area contributed by atoms with Crippen molar-refractivity contribution >= 4 is 15.7 Å². The minimum atomic E-state index is -3.58. The van der Waals surface area contributed by atoms with Crippen molar-refractivity contribution in [1.29, 1.82) is 0 Å². The molecule has 3 rings (SSSR count). The highest BCUT2D eigenvalue weighted by Gasteiger charge is 2.37. The number of hydrogen-bond donors (Lipinski definition) is 1. The van der Waals surface area contributed by atoms with Crippen LogP contribution in [0.2, 0.25) is 0 Å². The number of unbranched alkanes of at least 4 members (excludes halogenated alkanes) is 3.